The van der Waals surface area contributed by atoms with E-state index in [1.807, 2.05) is 25.1 Å². The summed E-state index contributed by atoms with van der Waals surface area (Å²) in [5, 5.41) is 2.68. The molecule has 0 spiro atoms. The number of para-hydroxylation sites is 2. The van der Waals surface area contributed by atoms with Crippen LogP contribution in [0.1, 0.15) is 22.8 Å². The molecule has 1 unspecified atom stereocenters. The lowest BCUT2D eigenvalue weighted by atomic mass is 10.1. The highest BCUT2D eigenvalue weighted by atomic mass is 32.2. The molecule has 1 aromatic heterocycles. The molecule has 2 aromatic carbocycles. The summed E-state index contributed by atoms with van der Waals surface area (Å²) in [7, 11) is -3.57. The molecule has 0 fully saturated rings. The van der Waals surface area contributed by atoms with Crippen LogP contribution in [0, 0.1) is 6.92 Å². The summed E-state index contributed by atoms with van der Waals surface area (Å²) in [6.07, 6.45) is 0.303. The number of aryl methyl sites for hydroxylation is 1. The van der Waals surface area contributed by atoms with Gasteiger partial charge in [0.25, 0.3) is 16.0 Å². The molecule has 0 aliphatic rings. The molecule has 3 aromatic rings. The molecular weight excluding hydrogens is 354 g/mol. The van der Waals surface area contributed by atoms with Gasteiger partial charge in [0.05, 0.1) is 34.5 Å². The second-order valence-corrected chi connectivity index (χ2v) is 7.76. The van der Waals surface area contributed by atoms with Gasteiger partial charge in [-0.15, -0.1) is 0 Å². The number of carbonyl (C=O) groups is 1. The molecule has 136 valence electrons. The van der Waals surface area contributed by atoms with Gasteiger partial charge in [0.2, 0.25) is 0 Å². The molecule has 1 heterocycles. The first-order valence-electron chi connectivity index (χ1n) is 8.07. The summed E-state index contributed by atoms with van der Waals surface area (Å²) in [4.78, 5) is 21.8. The Labute approximate surface area is 151 Å². The summed E-state index contributed by atoms with van der Waals surface area (Å²) in [6, 6.07) is 10.9. The second kappa shape index (κ2) is 6.97. The van der Waals surface area contributed by atoms with Crippen molar-refractivity contribution < 1.29 is 17.4 Å². The van der Waals surface area contributed by atoms with Crippen LogP contribution in [0.3, 0.4) is 0 Å². The molecule has 3 rings (SSSR count). The molecule has 1 N–H and O–H groups in total. The number of aromatic nitrogens is 2. The molecule has 1 amide bonds. The fraction of sp³-hybridized carbons (Fsp3) is 0.278. The predicted molar refractivity (Wildman–Crippen MR) is 99.5 cm³/mol. The van der Waals surface area contributed by atoms with E-state index in [1.165, 1.54) is 0 Å². The summed E-state index contributed by atoms with van der Waals surface area (Å²) in [5.74, 6) is -0.359. The fourth-order valence-electron chi connectivity index (χ4n) is 2.71. The normalized spacial score (nSPS) is 13.0. The maximum absolute atomic E-state index is 12.6. The van der Waals surface area contributed by atoms with Gasteiger partial charge >= 0.3 is 0 Å². The van der Waals surface area contributed by atoms with Gasteiger partial charge in [-0.05, 0) is 37.6 Å². The lowest BCUT2D eigenvalue weighted by Gasteiger charge is -2.13. The maximum atomic E-state index is 12.6. The van der Waals surface area contributed by atoms with E-state index >= 15 is 0 Å². The molecule has 8 heteroatoms. The standard InChI is InChI=1S/C18H19N3O4S/c1-11-6-4-8-14-16(11)21-17-13(7-5-9-15(17)20-14)18(22)19-10-12(2)25-26(3,23)24/h4-9,12H,10H2,1-3H3,(H,19,22). The first-order chi connectivity index (χ1) is 12.2. The Morgan fingerprint density at radius 3 is 2.46 bits per heavy atom. The predicted octanol–water partition coefficient (Wildman–Crippen LogP) is 2.19. The lowest BCUT2D eigenvalue weighted by molar-refractivity contribution is 0.0935. The average Bonchev–Trinajstić information content (AvgIpc) is 2.56. The molecule has 0 bridgehead atoms. The summed E-state index contributed by atoms with van der Waals surface area (Å²) >= 11 is 0. The van der Waals surface area contributed by atoms with Gasteiger partial charge in [0, 0.05) is 6.54 Å². The fourth-order valence-corrected chi connectivity index (χ4v) is 3.37. The number of nitrogens with one attached hydrogen (secondary N) is 1. The number of fused-ring (bicyclic) bond motifs is 2. The van der Waals surface area contributed by atoms with Crippen LogP contribution < -0.4 is 5.32 Å². The number of hydrogen-bond donors (Lipinski definition) is 1. The second-order valence-electron chi connectivity index (χ2n) is 6.16. The minimum absolute atomic E-state index is 0.0579. The molecular formula is C18H19N3O4S. The largest absolute Gasteiger partial charge is 0.349 e. The third-order valence-corrected chi connectivity index (χ3v) is 4.51. The van der Waals surface area contributed by atoms with Crippen LogP contribution >= 0.6 is 0 Å². The van der Waals surface area contributed by atoms with E-state index in [4.69, 9.17) is 4.18 Å². The van der Waals surface area contributed by atoms with Crippen LogP contribution in [-0.2, 0) is 14.3 Å². The summed E-state index contributed by atoms with van der Waals surface area (Å²) in [5.41, 5.74) is 3.99. The first-order valence-corrected chi connectivity index (χ1v) is 9.89. The van der Waals surface area contributed by atoms with Crippen LogP contribution in [0.15, 0.2) is 36.4 Å². The highest BCUT2D eigenvalue weighted by Crippen LogP contribution is 2.21. The van der Waals surface area contributed by atoms with E-state index in [0.29, 0.717) is 16.6 Å². The van der Waals surface area contributed by atoms with Crippen LogP contribution in [-0.4, -0.2) is 43.2 Å². The van der Waals surface area contributed by atoms with Crippen LogP contribution in [0.2, 0.25) is 0 Å². The number of amides is 1. The Bertz CT molecular complexity index is 1100. The smallest absolute Gasteiger partial charge is 0.264 e. The van der Waals surface area contributed by atoms with Gasteiger partial charge < -0.3 is 5.32 Å². The highest BCUT2D eigenvalue weighted by molar-refractivity contribution is 7.86. The van der Waals surface area contributed by atoms with Crippen molar-refractivity contribution in [3.8, 4) is 0 Å². The summed E-state index contributed by atoms with van der Waals surface area (Å²) in [6.45, 7) is 3.57. The van der Waals surface area contributed by atoms with Crippen molar-refractivity contribution in [3.05, 3.63) is 47.5 Å². The minimum Gasteiger partial charge on any atom is -0.349 e. The molecule has 1 atom stereocenters. The van der Waals surface area contributed by atoms with Crippen molar-refractivity contribution in [2.24, 2.45) is 0 Å². The topological polar surface area (TPSA) is 98.2 Å². The van der Waals surface area contributed by atoms with E-state index < -0.39 is 16.2 Å². The van der Waals surface area contributed by atoms with Gasteiger partial charge in [-0.2, -0.15) is 8.42 Å². The lowest BCUT2D eigenvalue weighted by Crippen LogP contribution is -2.33. The van der Waals surface area contributed by atoms with E-state index in [1.54, 1.807) is 25.1 Å². The molecule has 0 aliphatic carbocycles. The zero-order chi connectivity index (χ0) is 18.9. The Kier molecular flexibility index (Phi) is 4.88. The Morgan fingerprint density at radius 2 is 1.77 bits per heavy atom. The number of benzene rings is 2. The average molecular weight is 373 g/mol. The maximum Gasteiger partial charge on any atom is 0.264 e. The SMILES string of the molecule is Cc1cccc2nc3cccc(C(=O)NCC(C)OS(C)(=O)=O)c3nc12. The van der Waals surface area contributed by atoms with Crippen LogP contribution in [0.25, 0.3) is 22.1 Å². The molecule has 7 nitrogen and oxygen atoms in total. The van der Waals surface area contributed by atoms with Crippen molar-refractivity contribution >= 4 is 38.1 Å². The van der Waals surface area contributed by atoms with E-state index in [-0.39, 0.29) is 12.5 Å². The van der Waals surface area contributed by atoms with E-state index in [2.05, 4.69) is 15.3 Å². The Hall–Kier alpha value is -2.58. The Morgan fingerprint density at radius 1 is 1.12 bits per heavy atom. The van der Waals surface area contributed by atoms with Crippen molar-refractivity contribution in [1.29, 1.82) is 0 Å². The monoisotopic (exact) mass is 373 g/mol. The van der Waals surface area contributed by atoms with Crippen LogP contribution in [0.4, 0.5) is 0 Å². The van der Waals surface area contributed by atoms with Crippen molar-refractivity contribution in [3.63, 3.8) is 0 Å². The number of nitrogens with zero attached hydrogens (tertiary/aromatic N) is 2. The molecule has 0 radical (unpaired) electrons. The molecule has 26 heavy (non-hydrogen) atoms. The molecule has 0 aliphatic heterocycles. The van der Waals surface area contributed by atoms with Crippen molar-refractivity contribution in [1.82, 2.24) is 15.3 Å². The van der Waals surface area contributed by atoms with Crippen molar-refractivity contribution in [2.45, 2.75) is 20.0 Å². The molecule has 0 saturated heterocycles. The molecule has 0 saturated carbocycles. The van der Waals surface area contributed by atoms with Gasteiger partial charge in [-0.1, -0.05) is 18.2 Å². The number of hydrogen-bond acceptors (Lipinski definition) is 6. The first kappa shape index (κ1) is 18.2. The number of carbonyl (C=O) groups excluding carboxylic acids is 1. The summed E-state index contributed by atoms with van der Waals surface area (Å²) < 4.78 is 27.1. The van der Waals surface area contributed by atoms with E-state index in [9.17, 15) is 13.2 Å². The minimum atomic E-state index is -3.57. The third-order valence-electron chi connectivity index (χ3n) is 3.83. The van der Waals surface area contributed by atoms with Gasteiger partial charge in [0.15, 0.2) is 0 Å². The third kappa shape index (κ3) is 3.97. The van der Waals surface area contributed by atoms with Crippen LogP contribution in [0.5, 0.6) is 0 Å². The van der Waals surface area contributed by atoms with E-state index in [0.717, 1.165) is 22.9 Å². The van der Waals surface area contributed by atoms with Gasteiger partial charge in [-0.3, -0.25) is 8.98 Å². The zero-order valence-electron chi connectivity index (χ0n) is 14.7. The van der Waals surface area contributed by atoms with Gasteiger partial charge in [0.1, 0.15) is 5.52 Å². The van der Waals surface area contributed by atoms with Gasteiger partial charge in [-0.25, -0.2) is 9.97 Å². The Balaban J connectivity index is 1.92. The number of rotatable bonds is 5. The zero-order valence-corrected chi connectivity index (χ0v) is 15.5. The quantitative estimate of drug-likeness (QED) is 0.544. The van der Waals surface area contributed by atoms with Crippen molar-refractivity contribution in [2.75, 3.05) is 12.8 Å². The highest BCUT2D eigenvalue weighted by Gasteiger charge is 2.16.